The number of rotatable bonds is 5. The molecule has 3 aromatic carbocycles. The molecule has 174 valence electrons. The molecule has 0 bridgehead atoms. The fraction of sp³-hybridized carbons (Fsp3) is 0.259. The van der Waals surface area contributed by atoms with E-state index in [2.05, 4.69) is 0 Å². The minimum Gasteiger partial charge on any atom is -0.489 e. The van der Waals surface area contributed by atoms with E-state index in [9.17, 15) is 9.59 Å². The Morgan fingerprint density at radius 2 is 1.59 bits per heavy atom. The number of anilines is 1. The lowest BCUT2D eigenvalue weighted by Crippen LogP contribution is -2.54. The topological polar surface area (TPSA) is 68.3 Å². The molecule has 3 aromatic rings. The van der Waals surface area contributed by atoms with Crippen molar-refractivity contribution in [2.45, 2.75) is 12.7 Å². The molecule has 34 heavy (non-hydrogen) atoms. The molecular weight excluding hydrogens is 432 g/mol. The number of nitrogens with zero attached hydrogens (tertiary/aromatic N) is 2. The van der Waals surface area contributed by atoms with Crippen molar-refractivity contribution in [1.82, 2.24) is 4.90 Å². The summed E-state index contributed by atoms with van der Waals surface area (Å²) >= 11 is 0. The molecule has 2 aliphatic heterocycles. The van der Waals surface area contributed by atoms with Gasteiger partial charge in [0.25, 0.3) is 11.8 Å². The van der Waals surface area contributed by atoms with E-state index in [1.165, 1.54) is 0 Å². The molecular formula is C27H26N2O5. The number of carbonyl (C=O) groups excluding carboxylic acids is 2. The van der Waals surface area contributed by atoms with Crippen LogP contribution in [-0.4, -0.2) is 55.7 Å². The Morgan fingerprint density at radius 1 is 0.882 bits per heavy atom. The molecule has 0 saturated carbocycles. The number of hydrogen-bond acceptors (Lipinski definition) is 5. The van der Waals surface area contributed by atoms with Crippen LogP contribution in [0, 0.1) is 0 Å². The van der Waals surface area contributed by atoms with Gasteiger partial charge in [0.2, 0.25) is 0 Å². The molecule has 2 aliphatic rings. The highest BCUT2D eigenvalue weighted by Gasteiger charge is 2.36. The van der Waals surface area contributed by atoms with Gasteiger partial charge in [0, 0.05) is 18.7 Å². The summed E-state index contributed by atoms with van der Waals surface area (Å²) in [5, 5.41) is 0. The van der Waals surface area contributed by atoms with Crippen molar-refractivity contribution >= 4 is 17.5 Å². The van der Waals surface area contributed by atoms with Crippen molar-refractivity contribution in [2.24, 2.45) is 0 Å². The summed E-state index contributed by atoms with van der Waals surface area (Å²) in [4.78, 5) is 30.0. The van der Waals surface area contributed by atoms with Crippen molar-refractivity contribution in [3.8, 4) is 11.5 Å². The largest absolute Gasteiger partial charge is 0.489 e. The lowest BCUT2D eigenvalue weighted by molar-refractivity contribution is -0.142. The number of morpholine rings is 1. The zero-order valence-corrected chi connectivity index (χ0v) is 18.8. The van der Waals surface area contributed by atoms with Crippen molar-refractivity contribution in [3.63, 3.8) is 0 Å². The van der Waals surface area contributed by atoms with Gasteiger partial charge < -0.3 is 24.0 Å². The molecule has 0 radical (unpaired) electrons. The first kappa shape index (κ1) is 22.0. The molecule has 7 heteroatoms. The maximum atomic E-state index is 13.5. The predicted octanol–water partition coefficient (Wildman–Crippen LogP) is 3.53. The SMILES string of the molecule is O=C([C@@H]1CN(C(=O)c2ccc(COc3ccccc3)cc2)c2ccccc2O1)N1CCOCC1. The van der Waals surface area contributed by atoms with Gasteiger partial charge in [0.05, 0.1) is 25.4 Å². The minimum atomic E-state index is -0.754. The molecule has 0 spiro atoms. The maximum absolute atomic E-state index is 13.5. The van der Waals surface area contributed by atoms with Gasteiger partial charge in [0.15, 0.2) is 6.10 Å². The quantitative estimate of drug-likeness (QED) is 0.585. The van der Waals surface area contributed by atoms with Crippen LogP contribution in [0.1, 0.15) is 15.9 Å². The van der Waals surface area contributed by atoms with E-state index in [4.69, 9.17) is 14.2 Å². The Bertz CT molecular complexity index is 1140. The van der Waals surface area contributed by atoms with Crippen LogP contribution in [0.15, 0.2) is 78.9 Å². The normalized spacial score (nSPS) is 17.5. The summed E-state index contributed by atoms with van der Waals surface area (Å²) in [5.74, 6) is 1.03. The molecule has 0 aliphatic carbocycles. The van der Waals surface area contributed by atoms with Gasteiger partial charge in [-0.1, -0.05) is 42.5 Å². The number of benzene rings is 3. The molecule has 2 heterocycles. The fourth-order valence-electron chi connectivity index (χ4n) is 4.13. The van der Waals surface area contributed by atoms with E-state index in [-0.39, 0.29) is 18.4 Å². The van der Waals surface area contributed by atoms with Crippen LogP contribution < -0.4 is 14.4 Å². The smallest absolute Gasteiger partial charge is 0.265 e. The van der Waals surface area contributed by atoms with E-state index < -0.39 is 6.10 Å². The zero-order valence-electron chi connectivity index (χ0n) is 18.8. The number of ether oxygens (including phenoxy) is 3. The second kappa shape index (κ2) is 9.97. The number of hydrogen-bond donors (Lipinski definition) is 0. The third kappa shape index (κ3) is 4.75. The van der Waals surface area contributed by atoms with Crippen molar-refractivity contribution in [3.05, 3.63) is 90.0 Å². The predicted molar refractivity (Wildman–Crippen MR) is 127 cm³/mol. The molecule has 7 nitrogen and oxygen atoms in total. The summed E-state index contributed by atoms with van der Waals surface area (Å²) in [6.45, 7) is 2.65. The molecule has 1 atom stereocenters. The molecule has 0 aromatic heterocycles. The summed E-state index contributed by atoms with van der Waals surface area (Å²) in [7, 11) is 0. The van der Waals surface area contributed by atoms with E-state index in [0.29, 0.717) is 49.9 Å². The van der Waals surface area contributed by atoms with E-state index in [0.717, 1.165) is 11.3 Å². The first-order valence-electron chi connectivity index (χ1n) is 11.4. The Kier molecular flexibility index (Phi) is 6.44. The van der Waals surface area contributed by atoms with Gasteiger partial charge in [-0.05, 0) is 42.0 Å². The van der Waals surface area contributed by atoms with Crippen LogP contribution in [0.3, 0.4) is 0 Å². The average molecular weight is 459 g/mol. The average Bonchev–Trinajstić information content (AvgIpc) is 2.92. The lowest BCUT2D eigenvalue weighted by Gasteiger charge is -2.37. The highest BCUT2D eigenvalue weighted by molar-refractivity contribution is 6.07. The van der Waals surface area contributed by atoms with Crippen LogP contribution in [0.5, 0.6) is 11.5 Å². The van der Waals surface area contributed by atoms with Gasteiger partial charge in [-0.3, -0.25) is 9.59 Å². The fourth-order valence-corrected chi connectivity index (χ4v) is 4.13. The highest BCUT2D eigenvalue weighted by atomic mass is 16.5. The first-order chi connectivity index (χ1) is 16.7. The standard InChI is InChI=1S/C27H26N2O5/c30-26(21-12-10-20(11-13-21)19-33-22-6-2-1-3-7-22)29-18-25(27(31)28-14-16-32-17-15-28)34-24-9-5-4-8-23(24)29/h1-13,25H,14-19H2/t25-/m0/s1. The molecule has 2 amide bonds. The number of para-hydroxylation sites is 3. The van der Waals surface area contributed by atoms with E-state index in [1.807, 2.05) is 60.7 Å². The Balaban J connectivity index is 1.32. The van der Waals surface area contributed by atoms with Crippen molar-refractivity contribution < 1.29 is 23.8 Å². The molecule has 1 fully saturated rings. The second-order valence-electron chi connectivity index (χ2n) is 8.23. The van der Waals surface area contributed by atoms with Gasteiger partial charge in [0.1, 0.15) is 18.1 Å². The molecule has 5 rings (SSSR count). The van der Waals surface area contributed by atoms with Crippen LogP contribution >= 0.6 is 0 Å². The minimum absolute atomic E-state index is 0.121. The molecule has 1 saturated heterocycles. The zero-order chi connectivity index (χ0) is 23.3. The Morgan fingerprint density at radius 3 is 2.35 bits per heavy atom. The Hall–Kier alpha value is -3.84. The van der Waals surface area contributed by atoms with Crippen LogP contribution in [0.25, 0.3) is 0 Å². The van der Waals surface area contributed by atoms with Gasteiger partial charge >= 0.3 is 0 Å². The van der Waals surface area contributed by atoms with Crippen LogP contribution in [-0.2, 0) is 16.1 Å². The maximum Gasteiger partial charge on any atom is 0.265 e. The monoisotopic (exact) mass is 458 g/mol. The van der Waals surface area contributed by atoms with Gasteiger partial charge in [-0.25, -0.2) is 0 Å². The van der Waals surface area contributed by atoms with Crippen molar-refractivity contribution in [2.75, 3.05) is 37.7 Å². The summed E-state index contributed by atoms with van der Waals surface area (Å²) in [6.07, 6.45) is -0.754. The number of fused-ring (bicyclic) bond motifs is 1. The highest BCUT2D eigenvalue weighted by Crippen LogP contribution is 2.34. The summed E-state index contributed by atoms with van der Waals surface area (Å²) in [6, 6.07) is 24.3. The molecule has 0 N–H and O–H groups in total. The number of amides is 2. The van der Waals surface area contributed by atoms with Crippen molar-refractivity contribution in [1.29, 1.82) is 0 Å². The first-order valence-corrected chi connectivity index (χ1v) is 11.4. The molecule has 0 unspecified atom stereocenters. The third-order valence-electron chi connectivity index (χ3n) is 5.97. The number of carbonyl (C=O) groups is 2. The van der Waals surface area contributed by atoms with E-state index >= 15 is 0 Å². The van der Waals surface area contributed by atoms with Gasteiger partial charge in [-0.15, -0.1) is 0 Å². The Labute approximate surface area is 198 Å². The van der Waals surface area contributed by atoms with Gasteiger partial charge in [-0.2, -0.15) is 0 Å². The second-order valence-corrected chi connectivity index (χ2v) is 8.23. The van der Waals surface area contributed by atoms with E-state index in [1.54, 1.807) is 28.0 Å². The summed E-state index contributed by atoms with van der Waals surface area (Å²) < 4.78 is 17.2. The third-order valence-corrected chi connectivity index (χ3v) is 5.97. The summed E-state index contributed by atoms with van der Waals surface area (Å²) in [5.41, 5.74) is 2.16. The van der Waals surface area contributed by atoms with Crippen LogP contribution in [0.2, 0.25) is 0 Å². The van der Waals surface area contributed by atoms with Crippen LogP contribution in [0.4, 0.5) is 5.69 Å². The lowest BCUT2D eigenvalue weighted by atomic mass is 10.1.